The van der Waals surface area contributed by atoms with Crippen LogP contribution in [0.1, 0.15) is 32.8 Å². The minimum absolute atomic E-state index is 0.164. The van der Waals surface area contributed by atoms with Gasteiger partial charge in [0.2, 0.25) is 5.91 Å². The van der Waals surface area contributed by atoms with Crippen molar-refractivity contribution in [2.45, 2.75) is 38.3 Å². The smallest absolute Gasteiger partial charge is 0.331 e. The van der Waals surface area contributed by atoms with E-state index >= 15 is 0 Å². The van der Waals surface area contributed by atoms with Crippen LogP contribution in [0.4, 0.5) is 0 Å². The second-order valence-electron chi connectivity index (χ2n) is 5.69. The van der Waals surface area contributed by atoms with Crippen molar-refractivity contribution in [2.75, 3.05) is 7.05 Å². The highest BCUT2D eigenvalue weighted by Crippen LogP contribution is 2.26. The van der Waals surface area contributed by atoms with Crippen molar-refractivity contribution < 1.29 is 14.3 Å². The average molecular weight is 278 g/mol. The summed E-state index contributed by atoms with van der Waals surface area (Å²) in [5.41, 5.74) is 4.61. The molecule has 5 heteroatoms. The molecule has 5 nitrogen and oxygen atoms in total. The lowest BCUT2D eigenvalue weighted by molar-refractivity contribution is -0.163. The van der Waals surface area contributed by atoms with Crippen molar-refractivity contribution >= 4 is 11.9 Å². The fraction of sp³-hybridized carbons (Fsp3) is 0.467. The van der Waals surface area contributed by atoms with Crippen LogP contribution >= 0.6 is 0 Å². The summed E-state index contributed by atoms with van der Waals surface area (Å²) in [7, 11) is 1.50. The third-order valence-corrected chi connectivity index (χ3v) is 2.77. The van der Waals surface area contributed by atoms with Gasteiger partial charge < -0.3 is 15.8 Å². The molecule has 0 bridgehead atoms. The largest absolute Gasteiger partial charge is 0.458 e. The standard InChI is InChI=1S/C15H22N2O3/c1-14(2,3)20-13(19)15(16,10-12(18)17-4)11-8-6-5-7-9-11/h5-9H,10,16H2,1-4H3,(H,17,18). The predicted molar refractivity (Wildman–Crippen MR) is 76.8 cm³/mol. The first-order chi connectivity index (χ1) is 9.19. The number of hydrogen-bond donors (Lipinski definition) is 2. The van der Waals surface area contributed by atoms with E-state index in [0.717, 1.165) is 0 Å². The molecule has 1 aromatic rings. The quantitative estimate of drug-likeness (QED) is 0.814. The van der Waals surface area contributed by atoms with E-state index in [4.69, 9.17) is 10.5 Å². The van der Waals surface area contributed by atoms with E-state index in [9.17, 15) is 9.59 Å². The fourth-order valence-electron chi connectivity index (χ4n) is 1.74. The maximum absolute atomic E-state index is 12.4. The highest BCUT2D eigenvalue weighted by atomic mass is 16.6. The molecular formula is C15H22N2O3. The van der Waals surface area contributed by atoms with Crippen LogP contribution in [0, 0.1) is 0 Å². The summed E-state index contributed by atoms with van der Waals surface area (Å²) in [6, 6.07) is 8.79. The van der Waals surface area contributed by atoms with E-state index in [-0.39, 0.29) is 12.3 Å². The molecule has 1 amide bonds. The molecule has 1 atom stereocenters. The Morgan fingerprint density at radius 1 is 1.20 bits per heavy atom. The zero-order valence-corrected chi connectivity index (χ0v) is 12.4. The van der Waals surface area contributed by atoms with E-state index in [1.54, 1.807) is 45.0 Å². The molecule has 1 aromatic carbocycles. The van der Waals surface area contributed by atoms with Crippen LogP contribution in [0.15, 0.2) is 30.3 Å². The highest BCUT2D eigenvalue weighted by Gasteiger charge is 2.41. The van der Waals surface area contributed by atoms with Crippen LogP contribution in [-0.4, -0.2) is 24.5 Å². The molecule has 0 aliphatic rings. The van der Waals surface area contributed by atoms with Gasteiger partial charge in [-0.25, -0.2) is 4.79 Å². The minimum atomic E-state index is -1.49. The number of hydrogen-bond acceptors (Lipinski definition) is 4. The Bertz CT molecular complexity index is 480. The third kappa shape index (κ3) is 4.06. The van der Waals surface area contributed by atoms with Gasteiger partial charge in [0.15, 0.2) is 0 Å². The Morgan fingerprint density at radius 3 is 2.20 bits per heavy atom. The summed E-state index contributed by atoms with van der Waals surface area (Å²) in [5, 5.41) is 2.48. The summed E-state index contributed by atoms with van der Waals surface area (Å²) in [5.74, 6) is -0.929. The maximum atomic E-state index is 12.4. The van der Waals surface area contributed by atoms with Crippen LogP contribution in [0.3, 0.4) is 0 Å². The monoisotopic (exact) mass is 278 g/mol. The Kier molecular flexibility index (Phi) is 4.89. The van der Waals surface area contributed by atoms with Gasteiger partial charge in [0.1, 0.15) is 11.1 Å². The Balaban J connectivity index is 3.14. The van der Waals surface area contributed by atoms with Crippen LogP contribution in [0.25, 0.3) is 0 Å². The van der Waals surface area contributed by atoms with Gasteiger partial charge >= 0.3 is 5.97 Å². The van der Waals surface area contributed by atoms with E-state index in [1.807, 2.05) is 6.07 Å². The Hall–Kier alpha value is -1.88. The molecule has 0 aliphatic heterocycles. The molecule has 20 heavy (non-hydrogen) atoms. The number of nitrogens with one attached hydrogen (secondary N) is 1. The summed E-state index contributed by atoms with van der Waals surface area (Å²) in [4.78, 5) is 24.1. The van der Waals surface area contributed by atoms with Crippen molar-refractivity contribution in [3.8, 4) is 0 Å². The van der Waals surface area contributed by atoms with Crippen LogP contribution in [0.5, 0.6) is 0 Å². The molecule has 0 radical (unpaired) electrons. The molecular weight excluding hydrogens is 256 g/mol. The number of benzene rings is 1. The molecule has 0 saturated heterocycles. The number of amides is 1. The first-order valence-electron chi connectivity index (χ1n) is 6.47. The van der Waals surface area contributed by atoms with E-state index < -0.39 is 17.1 Å². The lowest BCUT2D eigenvalue weighted by atomic mass is 9.87. The average Bonchev–Trinajstić information content (AvgIpc) is 2.37. The maximum Gasteiger partial charge on any atom is 0.331 e. The third-order valence-electron chi connectivity index (χ3n) is 2.77. The number of rotatable bonds is 4. The van der Waals surface area contributed by atoms with Gasteiger partial charge in [0, 0.05) is 7.05 Å². The van der Waals surface area contributed by atoms with Crippen molar-refractivity contribution in [1.29, 1.82) is 0 Å². The minimum Gasteiger partial charge on any atom is -0.458 e. The molecule has 0 fully saturated rings. The van der Waals surface area contributed by atoms with Gasteiger partial charge in [-0.2, -0.15) is 0 Å². The van der Waals surface area contributed by atoms with Crippen LogP contribution in [0.2, 0.25) is 0 Å². The van der Waals surface area contributed by atoms with Gasteiger partial charge in [-0.3, -0.25) is 4.79 Å². The number of nitrogens with two attached hydrogens (primary N) is 1. The Labute approximate surface area is 119 Å². The first kappa shape index (κ1) is 16.2. The molecule has 0 saturated carbocycles. The lowest BCUT2D eigenvalue weighted by Crippen LogP contribution is -2.51. The van der Waals surface area contributed by atoms with Gasteiger partial charge in [-0.1, -0.05) is 30.3 Å². The molecule has 0 spiro atoms. The second kappa shape index (κ2) is 6.05. The molecule has 0 heterocycles. The number of ether oxygens (including phenoxy) is 1. The van der Waals surface area contributed by atoms with Crippen LogP contribution < -0.4 is 11.1 Å². The second-order valence-corrected chi connectivity index (χ2v) is 5.69. The molecule has 110 valence electrons. The molecule has 0 aliphatic carbocycles. The number of carbonyl (C=O) groups excluding carboxylic acids is 2. The number of carbonyl (C=O) groups is 2. The zero-order valence-electron chi connectivity index (χ0n) is 12.4. The molecule has 3 N–H and O–H groups in total. The first-order valence-corrected chi connectivity index (χ1v) is 6.47. The predicted octanol–water partition coefficient (Wildman–Crippen LogP) is 1.32. The van der Waals surface area contributed by atoms with E-state index in [2.05, 4.69) is 5.32 Å². The van der Waals surface area contributed by atoms with Gasteiger partial charge in [0.05, 0.1) is 6.42 Å². The molecule has 1 rings (SSSR count). The molecule has 1 unspecified atom stereocenters. The summed E-state index contributed by atoms with van der Waals surface area (Å²) in [6.45, 7) is 5.28. The van der Waals surface area contributed by atoms with Crippen LogP contribution in [-0.2, 0) is 19.9 Å². The topological polar surface area (TPSA) is 81.4 Å². The van der Waals surface area contributed by atoms with Crippen molar-refractivity contribution in [3.63, 3.8) is 0 Å². The Morgan fingerprint density at radius 2 is 1.75 bits per heavy atom. The zero-order chi connectivity index (χ0) is 15.4. The van der Waals surface area contributed by atoms with Crippen molar-refractivity contribution in [3.05, 3.63) is 35.9 Å². The van der Waals surface area contributed by atoms with Gasteiger partial charge in [-0.05, 0) is 26.3 Å². The summed E-state index contributed by atoms with van der Waals surface area (Å²) < 4.78 is 5.36. The fourth-order valence-corrected chi connectivity index (χ4v) is 1.74. The summed E-state index contributed by atoms with van der Waals surface area (Å²) >= 11 is 0. The normalized spacial score (nSPS) is 14.2. The van der Waals surface area contributed by atoms with Gasteiger partial charge in [-0.15, -0.1) is 0 Å². The van der Waals surface area contributed by atoms with Gasteiger partial charge in [0.25, 0.3) is 0 Å². The highest BCUT2D eigenvalue weighted by molar-refractivity contribution is 5.90. The number of esters is 1. The van der Waals surface area contributed by atoms with Crippen molar-refractivity contribution in [1.82, 2.24) is 5.32 Å². The van der Waals surface area contributed by atoms with Crippen molar-refractivity contribution in [2.24, 2.45) is 5.73 Å². The lowest BCUT2D eigenvalue weighted by Gasteiger charge is -2.31. The SMILES string of the molecule is CNC(=O)CC(N)(C(=O)OC(C)(C)C)c1ccccc1. The van der Waals surface area contributed by atoms with E-state index in [1.165, 1.54) is 7.05 Å². The van der Waals surface area contributed by atoms with E-state index in [0.29, 0.717) is 5.56 Å². The summed E-state index contributed by atoms with van der Waals surface area (Å²) in [6.07, 6.45) is -0.164. The molecule has 0 aromatic heterocycles.